The molecule has 0 spiro atoms. The molecular weight excluding hydrogens is 288 g/mol. The van der Waals surface area contributed by atoms with Gasteiger partial charge in [-0.15, -0.1) is 11.3 Å². The SMILES string of the molecule is COCc1nc(CN2CCCC2)sc1CBr. The van der Waals surface area contributed by atoms with Crippen molar-refractivity contribution in [3.63, 3.8) is 0 Å². The summed E-state index contributed by atoms with van der Waals surface area (Å²) in [5.41, 5.74) is 1.10. The van der Waals surface area contributed by atoms with Crippen molar-refractivity contribution in [1.29, 1.82) is 0 Å². The third-order valence-corrected chi connectivity index (χ3v) is 4.80. The Hall–Kier alpha value is 0.0300. The molecule has 0 atom stereocenters. The highest BCUT2D eigenvalue weighted by atomic mass is 79.9. The standard InChI is InChI=1S/C11H17BrN2OS/c1-15-8-9-10(6-12)16-11(13-9)7-14-4-2-3-5-14/h2-8H2,1H3. The van der Waals surface area contributed by atoms with Gasteiger partial charge in [0, 0.05) is 17.3 Å². The Kier molecular flexibility index (Phi) is 4.76. The monoisotopic (exact) mass is 304 g/mol. The molecule has 1 fully saturated rings. The van der Waals surface area contributed by atoms with Crippen molar-refractivity contribution in [1.82, 2.24) is 9.88 Å². The molecule has 0 aromatic carbocycles. The van der Waals surface area contributed by atoms with Gasteiger partial charge in [-0.25, -0.2) is 4.98 Å². The van der Waals surface area contributed by atoms with E-state index in [-0.39, 0.29) is 0 Å². The van der Waals surface area contributed by atoms with Crippen LogP contribution in [-0.4, -0.2) is 30.1 Å². The molecule has 1 aromatic rings. The van der Waals surface area contributed by atoms with E-state index in [2.05, 4.69) is 25.8 Å². The highest BCUT2D eigenvalue weighted by molar-refractivity contribution is 9.08. The summed E-state index contributed by atoms with van der Waals surface area (Å²) in [4.78, 5) is 8.44. The molecular formula is C11H17BrN2OS. The van der Waals surface area contributed by atoms with E-state index in [1.54, 1.807) is 18.4 Å². The lowest BCUT2D eigenvalue weighted by molar-refractivity contribution is 0.181. The summed E-state index contributed by atoms with van der Waals surface area (Å²) in [5, 5.41) is 2.10. The van der Waals surface area contributed by atoms with Gasteiger partial charge >= 0.3 is 0 Å². The second-order valence-corrected chi connectivity index (χ2v) is 5.76. The van der Waals surface area contributed by atoms with Gasteiger partial charge in [-0.3, -0.25) is 4.90 Å². The van der Waals surface area contributed by atoms with Gasteiger partial charge in [0.1, 0.15) is 5.01 Å². The average molecular weight is 305 g/mol. The lowest BCUT2D eigenvalue weighted by Crippen LogP contribution is -2.18. The molecule has 1 aliphatic heterocycles. The Morgan fingerprint density at radius 3 is 2.81 bits per heavy atom. The highest BCUT2D eigenvalue weighted by Gasteiger charge is 2.16. The van der Waals surface area contributed by atoms with Crippen molar-refractivity contribution in [3.05, 3.63) is 15.6 Å². The van der Waals surface area contributed by atoms with Crippen molar-refractivity contribution in [2.75, 3.05) is 20.2 Å². The molecule has 0 bridgehead atoms. The number of halogens is 1. The molecule has 1 aromatic heterocycles. The number of thiazole rings is 1. The van der Waals surface area contributed by atoms with Crippen LogP contribution in [0.4, 0.5) is 0 Å². The molecule has 0 N–H and O–H groups in total. The number of aromatic nitrogens is 1. The topological polar surface area (TPSA) is 25.4 Å². The number of alkyl halides is 1. The summed E-state index contributed by atoms with van der Waals surface area (Å²) in [6.45, 7) is 4.08. The minimum absolute atomic E-state index is 0.622. The molecule has 1 aliphatic rings. The third kappa shape index (κ3) is 3.03. The smallest absolute Gasteiger partial charge is 0.107 e. The maximum absolute atomic E-state index is 5.16. The molecule has 0 saturated carbocycles. The molecule has 0 aliphatic carbocycles. The Labute approximate surface area is 109 Å². The van der Waals surface area contributed by atoms with E-state index in [9.17, 15) is 0 Å². The first kappa shape index (κ1) is 12.5. The lowest BCUT2D eigenvalue weighted by Gasteiger charge is -2.11. The fourth-order valence-electron chi connectivity index (χ4n) is 1.99. The Balaban J connectivity index is 2.02. The molecule has 0 unspecified atom stereocenters. The maximum atomic E-state index is 5.16. The molecule has 2 heterocycles. The highest BCUT2D eigenvalue weighted by Crippen LogP contribution is 2.24. The van der Waals surface area contributed by atoms with Gasteiger partial charge in [-0.2, -0.15) is 0 Å². The van der Waals surface area contributed by atoms with Crippen molar-refractivity contribution >= 4 is 27.3 Å². The third-order valence-electron chi connectivity index (χ3n) is 2.78. The molecule has 1 saturated heterocycles. The summed E-state index contributed by atoms with van der Waals surface area (Å²) in [6.07, 6.45) is 2.67. The van der Waals surface area contributed by atoms with Gasteiger partial charge in [0.15, 0.2) is 0 Å². The zero-order chi connectivity index (χ0) is 11.4. The average Bonchev–Trinajstić information content (AvgIpc) is 2.89. The van der Waals surface area contributed by atoms with Crippen LogP contribution in [0.3, 0.4) is 0 Å². The molecule has 0 amide bonds. The van der Waals surface area contributed by atoms with Gasteiger partial charge in [0.2, 0.25) is 0 Å². The van der Waals surface area contributed by atoms with Crippen LogP contribution in [0.5, 0.6) is 0 Å². The number of likely N-dealkylation sites (tertiary alicyclic amines) is 1. The van der Waals surface area contributed by atoms with Crippen molar-refractivity contribution in [3.8, 4) is 0 Å². The first-order chi connectivity index (χ1) is 7.83. The summed E-state index contributed by atoms with van der Waals surface area (Å²) < 4.78 is 5.16. The van der Waals surface area contributed by atoms with Crippen LogP contribution in [0.2, 0.25) is 0 Å². The van der Waals surface area contributed by atoms with Gasteiger partial charge in [-0.05, 0) is 25.9 Å². The molecule has 0 radical (unpaired) electrons. The van der Waals surface area contributed by atoms with E-state index in [1.165, 1.54) is 35.8 Å². The second kappa shape index (κ2) is 6.10. The summed E-state index contributed by atoms with van der Waals surface area (Å²) in [6, 6.07) is 0. The van der Waals surface area contributed by atoms with E-state index in [1.807, 2.05) is 0 Å². The first-order valence-corrected chi connectivity index (χ1v) is 7.52. The predicted molar refractivity (Wildman–Crippen MR) is 70.0 cm³/mol. The number of ether oxygens (including phenoxy) is 1. The maximum Gasteiger partial charge on any atom is 0.107 e. The Morgan fingerprint density at radius 1 is 1.44 bits per heavy atom. The fourth-order valence-corrected chi connectivity index (χ4v) is 3.62. The zero-order valence-corrected chi connectivity index (χ0v) is 11.9. The number of nitrogens with zero attached hydrogens (tertiary/aromatic N) is 2. The minimum atomic E-state index is 0.622. The number of hydrogen-bond donors (Lipinski definition) is 0. The molecule has 5 heteroatoms. The van der Waals surface area contributed by atoms with Gasteiger partial charge in [0.05, 0.1) is 18.8 Å². The van der Waals surface area contributed by atoms with Crippen LogP contribution in [0.25, 0.3) is 0 Å². The van der Waals surface area contributed by atoms with E-state index >= 15 is 0 Å². The van der Waals surface area contributed by atoms with Crippen molar-refractivity contribution in [2.24, 2.45) is 0 Å². The zero-order valence-electron chi connectivity index (χ0n) is 9.54. The first-order valence-electron chi connectivity index (χ1n) is 5.58. The quantitative estimate of drug-likeness (QED) is 0.782. The predicted octanol–water partition coefficient (Wildman–Crippen LogP) is 2.78. The van der Waals surface area contributed by atoms with Crippen LogP contribution >= 0.6 is 27.3 Å². The number of hydrogen-bond acceptors (Lipinski definition) is 4. The Bertz CT molecular complexity index is 337. The lowest BCUT2D eigenvalue weighted by atomic mass is 10.4. The Morgan fingerprint density at radius 2 is 2.19 bits per heavy atom. The largest absolute Gasteiger partial charge is 0.378 e. The molecule has 16 heavy (non-hydrogen) atoms. The number of methoxy groups -OCH3 is 1. The normalized spacial score (nSPS) is 17.1. The van der Waals surface area contributed by atoms with Gasteiger partial charge in [0.25, 0.3) is 0 Å². The van der Waals surface area contributed by atoms with E-state index < -0.39 is 0 Å². The van der Waals surface area contributed by atoms with E-state index in [4.69, 9.17) is 4.74 Å². The van der Waals surface area contributed by atoms with E-state index in [0.717, 1.165) is 17.6 Å². The van der Waals surface area contributed by atoms with Crippen LogP contribution in [0.15, 0.2) is 0 Å². The van der Waals surface area contributed by atoms with Crippen LogP contribution in [-0.2, 0) is 23.2 Å². The van der Waals surface area contributed by atoms with Crippen molar-refractivity contribution in [2.45, 2.75) is 31.3 Å². The van der Waals surface area contributed by atoms with E-state index in [0.29, 0.717) is 6.61 Å². The summed E-state index contributed by atoms with van der Waals surface area (Å²) in [5.74, 6) is 0. The molecule has 90 valence electrons. The van der Waals surface area contributed by atoms with Crippen LogP contribution in [0, 0.1) is 0 Å². The van der Waals surface area contributed by atoms with Gasteiger partial charge < -0.3 is 4.74 Å². The minimum Gasteiger partial charge on any atom is -0.378 e. The van der Waals surface area contributed by atoms with Crippen LogP contribution in [0.1, 0.15) is 28.4 Å². The summed E-state index contributed by atoms with van der Waals surface area (Å²) >= 11 is 5.31. The summed E-state index contributed by atoms with van der Waals surface area (Å²) in [7, 11) is 1.72. The number of rotatable bonds is 5. The van der Waals surface area contributed by atoms with Crippen LogP contribution < -0.4 is 0 Å². The van der Waals surface area contributed by atoms with Crippen molar-refractivity contribution < 1.29 is 4.74 Å². The second-order valence-electron chi connectivity index (χ2n) is 4.03. The molecule has 2 rings (SSSR count). The fraction of sp³-hybridized carbons (Fsp3) is 0.727. The van der Waals surface area contributed by atoms with Gasteiger partial charge in [-0.1, -0.05) is 15.9 Å². The molecule has 3 nitrogen and oxygen atoms in total.